The Kier molecular flexibility index (Phi) is 6.82. The predicted molar refractivity (Wildman–Crippen MR) is 95.8 cm³/mol. The number of nitrogens with two attached hydrogens (primary N) is 1. The molecule has 2 atom stereocenters. The zero-order chi connectivity index (χ0) is 19.2. The lowest BCUT2D eigenvalue weighted by Gasteiger charge is -2.38. The molecule has 0 aliphatic carbocycles. The van der Waals surface area contributed by atoms with Crippen molar-refractivity contribution in [1.29, 1.82) is 0 Å². The molecular formula is C17H23ClN4O4. The van der Waals surface area contributed by atoms with Gasteiger partial charge in [0.05, 0.1) is 13.2 Å². The molecule has 1 aromatic heterocycles. The smallest absolute Gasteiger partial charge is 0.404 e. The van der Waals surface area contributed by atoms with Crippen LogP contribution in [0.3, 0.4) is 0 Å². The fourth-order valence-corrected chi connectivity index (χ4v) is 2.69. The van der Waals surface area contributed by atoms with E-state index in [1.54, 1.807) is 42.4 Å². The number of hydrogen-bond donors (Lipinski definition) is 1. The summed E-state index contributed by atoms with van der Waals surface area (Å²) >= 11 is 5.94. The van der Waals surface area contributed by atoms with Crippen molar-refractivity contribution in [1.82, 2.24) is 14.8 Å². The summed E-state index contributed by atoms with van der Waals surface area (Å²) in [6.07, 6.45) is 1.61. The van der Waals surface area contributed by atoms with Crippen LogP contribution in [0.2, 0.25) is 5.02 Å². The van der Waals surface area contributed by atoms with Gasteiger partial charge < -0.3 is 19.9 Å². The average Bonchev–Trinajstić information content (AvgIpc) is 3.12. The molecular weight excluding hydrogens is 360 g/mol. The van der Waals surface area contributed by atoms with E-state index in [1.165, 1.54) is 6.33 Å². The number of benzene rings is 1. The Hall–Kier alpha value is -2.32. The van der Waals surface area contributed by atoms with Gasteiger partial charge in [0, 0.05) is 23.5 Å². The Morgan fingerprint density at radius 2 is 2.04 bits per heavy atom. The molecule has 0 saturated heterocycles. The van der Waals surface area contributed by atoms with Crippen molar-refractivity contribution in [2.75, 3.05) is 20.3 Å². The SMILES string of the molecule is COCC(C(Oc1ccc(Cl)cc1)n1cncn1)C(C)(C)COC(N)=O. The molecule has 0 fully saturated rings. The number of methoxy groups -OCH3 is 1. The van der Waals surface area contributed by atoms with E-state index in [0.717, 1.165) is 0 Å². The first-order valence-corrected chi connectivity index (χ1v) is 8.39. The fourth-order valence-electron chi connectivity index (χ4n) is 2.56. The van der Waals surface area contributed by atoms with Crippen LogP contribution >= 0.6 is 11.6 Å². The van der Waals surface area contributed by atoms with Crippen LogP contribution < -0.4 is 10.5 Å². The minimum absolute atomic E-state index is 0.103. The normalized spacial score (nSPS) is 13.8. The summed E-state index contributed by atoms with van der Waals surface area (Å²) in [5.41, 5.74) is 4.60. The maximum atomic E-state index is 11.0. The quantitative estimate of drug-likeness (QED) is 0.715. The maximum Gasteiger partial charge on any atom is 0.404 e. The molecule has 0 spiro atoms. The lowest BCUT2D eigenvalue weighted by Crippen LogP contribution is -2.42. The molecule has 1 amide bonds. The fraction of sp³-hybridized carbons (Fsp3) is 0.471. The van der Waals surface area contributed by atoms with Crippen molar-refractivity contribution < 1.29 is 19.0 Å². The van der Waals surface area contributed by atoms with E-state index in [0.29, 0.717) is 17.4 Å². The number of aromatic nitrogens is 3. The lowest BCUT2D eigenvalue weighted by atomic mass is 9.78. The first-order chi connectivity index (χ1) is 12.3. The molecule has 0 aliphatic heterocycles. The lowest BCUT2D eigenvalue weighted by molar-refractivity contribution is -0.0646. The van der Waals surface area contributed by atoms with Crippen molar-refractivity contribution in [2.24, 2.45) is 17.1 Å². The molecule has 0 bridgehead atoms. The molecule has 2 aromatic rings. The topological polar surface area (TPSA) is 101 Å². The van der Waals surface area contributed by atoms with E-state index in [-0.39, 0.29) is 12.5 Å². The van der Waals surface area contributed by atoms with Crippen molar-refractivity contribution in [3.05, 3.63) is 41.9 Å². The molecule has 0 saturated carbocycles. The van der Waals surface area contributed by atoms with Gasteiger partial charge in [0.15, 0.2) is 6.23 Å². The Balaban J connectivity index is 2.32. The second-order valence-corrected chi connectivity index (χ2v) is 6.93. The number of hydrogen-bond acceptors (Lipinski definition) is 6. The number of amides is 1. The van der Waals surface area contributed by atoms with Gasteiger partial charge in [-0.1, -0.05) is 25.4 Å². The summed E-state index contributed by atoms with van der Waals surface area (Å²) in [5.74, 6) is 0.381. The molecule has 1 aromatic carbocycles. The Bertz CT molecular complexity index is 691. The first-order valence-electron chi connectivity index (χ1n) is 8.01. The summed E-state index contributed by atoms with van der Waals surface area (Å²) in [6, 6.07) is 7.01. The van der Waals surface area contributed by atoms with Crippen LogP contribution in [0.1, 0.15) is 20.1 Å². The van der Waals surface area contributed by atoms with Crippen LogP contribution in [0.5, 0.6) is 5.75 Å². The van der Waals surface area contributed by atoms with Gasteiger partial charge in [-0.05, 0) is 24.3 Å². The van der Waals surface area contributed by atoms with E-state index in [2.05, 4.69) is 10.1 Å². The van der Waals surface area contributed by atoms with Gasteiger partial charge in [0.2, 0.25) is 0 Å². The van der Waals surface area contributed by atoms with Gasteiger partial charge in [0.1, 0.15) is 18.4 Å². The van der Waals surface area contributed by atoms with E-state index in [1.807, 2.05) is 13.8 Å². The minimum atomic E-state index is -0.829. The average molecular weight is 383 g/mol. The van der Waals surface area contributed by atoms with Gasteiger partial charge >= 0.3 is 6.09 Å². The van der Waals surface area contributed by atoms with E-state index < -0.39 is 17.7 Å². The number of ether oxygens (including phenoxy) is 3. The van der Waals surface area contributed by atoms with Crippen molar-refractivity contribution >= 4 is 17.7 Å². The Morgan fingerprint density at radius 1 is 1.35 bits per heavy atom. The van der Waals surface area contributed by atoms with Gasteiger partial charge in [-0.25, -0.2) is 14.5 Å². The van der Waals surface area contributed by atoms with Gasteiger partial charge in [0.25, 0.3) is 0 Å². The summed E-state index contributed by atoms with van der Waals surface area (Å²) in [6.45, 7) is 4.32. The summed E-state index contributed by atoms with van der Waals surface area (Å²) < 4.78 is 18.2. The molecule has 26 heavy (non-hydrogen) atoms. The largest absolute Gasteiger partial charge is 0.468 e. The highest BCUT2D eigenvalue weighted by Crippen LogP contribution is 2.37. The second kappa shape index (κ2) is 8.86. The Labute approximate surface area is 157 Å². The maximum absolute atomic E-state index is 11.0. The standard InChI is InChI=1S/C17H23ClN4O4/c1-17(2,9-25-16(19)23)14(8-24-3)15(22-11-20-10-21-22)26-13-6-4-12(18)5-7-13/h4-7,10-11,14-15H,8-9H2,1-3H3,(H2,19,23). The molecule has 9 heteroatoms. The third-order valence-corrected chi connectivity index (χ3v) is 4.30. The van der Waals surface area contributed by atoms with Crippen LogP contribution in [0.4, 0.5) is 4.79 Å². The number of primary amides is 1. The van der Waals surface area contributed by atoms with E-state index >= 15 is 0 Å². The van der Waals surface area contributed by atoms with Crippen LogP contribution in [0.25, 0.3) is 0 Å². The zero-order valence-corrected chi connectivity index (χ0v) is 15.7. The summed E-state index contributed by atoms with van der Waals surface area (Å²) in [4.78, 5) is 15.0. The first kappa shape index (κ1) is 20.0. The summed E-state index contributed by atoms with van der Waals surface area (Å²) in [5, 5.41) is 4.82. The minimum Gasteiger partial charge on any atom is -0.468 e. The van der Waals surface area contributed by atoms with Crippen LogP contribution in [0, 0.1) is 11.3 Å². The van der Waals surface area contributed by atoms with E-state index in [9.17, 15) is 4.79 Å². The molecule has 0 radical (unpaired) electrons. The third kappa shape index (κ3) is 5.34. The van der Waals surface area contributed by atoms with Crippen molar-refractivity contribution in [2.45, 2.75) is 20.1 Å². The monoisotopic (exact) mass is 382 g/mol. The predicted octanol–water partition coefficient (Wildman–Crippen LogP) is 2.89. The van der Waals surface area contributed by atoms with Crippen molar-refractivity contribution in [3.63, 3.8) is 0 Å². The number of carbonyl (C=O) groups is 1. The number of carbonyl (C=O) groups excluding carboxylic acids is 1. The van der Waals surface area contributed by atoms with E-state index in [4.69, 9.17) is 31.5 Å². The molecule has 8 nitrogen and oxygen atoms in total. The second-order valence-electron chi connectivity index (χ2n) is 6.50. The number of nitrogens with zero attached hydrogens (tertiary/aromatic N) is 3. The van der Waals surface area contributed by atoms with Crippen LogP contribution in [-0.2, 0) is 9.47 Å². The molecule has 2 N–H and O–H groups in total. The zero-order valence-electron chi connectivity index (χ0n) is 15.0. The van der Waals surface area contributed by atoms with Crippen molar-refractivity contribution in [3.8, 4) is 5.75 Å². The molecule has 1 heterocycles. The number of rotatable bonds is 9. The molecule has 0 aliphatic rings. The highest BCUT2D eigenvalue weighted by atomic mass is 35.5. The van der Waals surface area contributed by atoms with Gasteiger partial charge in [-0.2, -0.15) is 5.10 Å². The third-order valence-electron chi connectivity index (χ3n) is 4.05. The van der Waals surface area contributed by atoms with Gasteiger partial charge in [-0.15, -0.1) is 0 Å². The molecule has 142 valence electrons. The molecule has 2 unspecified atom stereocenters. The highest BCUT2D eigenvalue weighted by molar-refractivity contribution is 6.30. The van der Waals surface area contributed by atoms with Crippen LogP contribution in [-0.4, -0.2) is 41.2 Å². The van der Waals surface area contributed by atoms with Gasteiger partial charge in [-0.3, -0.25) is 0 Å². The van der Waals surface area contributed by atoms with Crippen LogP contribution in [0.15, 0.2) is 36.9 Å². The molecule has 2 rings (SSSR count). The highest BCUT2D eigenvalue weighted by Gasteiger charge is 2.40. The Morgan fingerprint density at radius 3 is 2.58 bits per heavy atom. The summed E-state index contributed by atoms with van der Waals surface area (Å²) in [7, 11) is 1.60. The number of halogens is 1.